The third-order valence-electron chi connectivity index (χ3n) is 4.98. The highest BCUT2D eigenvalue weighted by Crippen LogP contribution is 2.21. The van der Waals surface area contributed by atoms with Gasteiger partial charge in [-0.2, -0.15) is 0 Å². The van der Waals surface area contributed by atoms with Crippen molar-refractivity contribution in [2.24, 2.45) is 0 Å². The molecule has 0 unspecified atom stereocenters. The number of hydrogen-bond acceptors (Lipinski definition) is 4. The number of carbonyl (C=O) groups excluding carboxylic acids is 1. The Morgan fingerprint density at radius 3 is 2.39 bits per heavy atom. The Kier molecular flexibility index (Phi) is 6.46. The zero-order valence-corrected chi connectivity index (χ0v) is 16.1. The van der Waals surface area contributed by atoms with Gasteiger partial charge in [-0.3, -0.25) is 9.69 Å². The third-order valence-corrected chi connectivity index (χ3v) is 4.98. The molecule has 0 saturated carbocycles. The van der Waals surface area contributed by atoms with Gasteiger partial charge in [-0.15, -0.1) is 0 Å². The van der Waals surface area contributed by atoms with Gasteiger partial charge in [0.1, 0.15) is 17.4 Å². The van der Waals surface area contributed by atoms with Crippen LogP contribution < -0.4 is 15.0 Å². The monoisotopic (exact) mass is 389 g/mol. The average Bonchev–Trinajstić information content (AvgIpc) is 2.68. The molecule has 0 bridgehead atoms. The predicted octanol–water partition coefficient (Wildman–Crippen LogP) is 2.97. The van der Waals surface area contributed by atoms with Crippen molar-refractivity contribution in [3.8, 4) is 5.75 Å². The first-order valence-electron chi connectivity index (χ1n) is 9.32. The van der Waals surface area contributed by atoms with Gasteiger partial charge in [-0.25, -0.2) is 8.78 Å². The molecule has 0 spiro atoms. The van der Waals surface area contributed by atoms with Crippen LogP contribution in [0.2, 0.25) is 0 Å². The zero-order valence-electron chi connectivity index (χ0n) is 16.1. The summed E-state index contributed by atoms with van der Waals surface area (Å²) in [5, 5.41) is 2.79. The number of piperazine rings is 1. The Bertz CT molecular complexity index is 806. The first-order valence-corrected chi connectivity index (χ1v) is 9.32. The molecule has 1 saturated heterocycles. The summed E-state index contributed by atoms with van der Waals surface area (Å²) in [5.41, 5.74) is 1.41. The van der Waals surface area contributed by atoms with Gasteiger partial charge < -0.3 is 15.0 Å². The normalized spacial score (nSPS) is 15.9. The van der Waals surface area contributed by atoms with E-state index in [1.54, 1.807) is 14.0 Å². The van der Waals surface area contributed by atoms with E-state index < -0.39 is 17.7 Å². The van der Waals surface area contributed by atoms with Crippen LogP contribution in [-0.2, 0) is 4.79 Å². The number of nitrogens with one attached hydrogen (secondary N) is 1. The number of hydrogen-bond donors (Lipinski definition) is 1. The lowest BCUT2D eigenvalue weighted by molar-refractivity contribution is -0.123. The van der Waals surface area contributed by atoms with Crippen LogP contribution in [0.1, 0.15) is 18.5 Å². The summed E-state index contributed by atoms with van der Waals surface area (Å²) in [5.74, 6) is -0.629. The molecule has 0 aliphatic carbocycles. The largest absolute Gasteiger partial charge is 0.497 e. The van der Waals surface area contributed by atoms with E-state index in [0.29, 0.717) is 0 Å². The van der Waals surface area contributed by atoms with Crippen molar-refractivity contribution >= 4 is 11.6 Å². The molecular formula is C21H25F2N3O2. The summed E-state index contributed by atoms with van der Waals surface area (Å²) in [4.78, 5) is 16.7. The number of ether oxygens (including phenoxy) is 1. The summed E-state index contributed by atoms with van der Waals surface area (Å²) in [7, 11) is 1.64. The average molecular weight is 389 g/mol. The zero-order chi connectivity index (χ0) is 20.1. The topological polar surface area (TPSA) is 44.8 Å². The summed E-state index contributed by atoms with van der Waals surface area (Å²) < 4.78 is 32.1. The highest BCUT2D eigenvalue weighted by Gasteiger charge is 2.21. The van der Waals surface area contributed by atoms with E-state index in [1.807, 2.05) is 24.3 Å². The Morgan fingerprint density at radius 1 is 1.11 bits per heavy atom. The molecule has 1 fully saturated rings. The molecule has 5 nitrogen and oxygen atoms in total. The van der Waals surface area contributed by atoms with Gasteiger partial charge in [0.05, 0.1) is 19.7 Å². The standard InChI is InChI=1S/C21H25F2N3O2/c1-15(19-8-3-16(22)13-20(19)23)24-21(27)14-25-9-11-26(12-10-25)17-4-6-18(28-2)7-5-17/h3-8,13,15H,9-12,14H2,1-2H3,(H,24,27)/t15-/m1/s1. The van der Waals surface area contributed by atoms with Gasteiger partial charge in [0.15, 0.2) is 0 Å². The molecule has 2 aromatic rings. The Hall–Kier alpha value is -2.67. The van der Waals surface area contributed by atoms with Crippen LogP contribution in [-0.4, -0.2) is 50.6 Å². The maximum atomic E-state index is 13.8. The van der Waals surface area contributed by atoms with Gasteiger partial charge in [-0.1, -0.05) is 6.07 Å². The summed E-state index contributed by atoms with van der Waals surface area (Å²) in [6, 6.07) is 10.8. The molecule has 7 heteroatoms. The van der Waals surface area contributed by atoms with Gasteiger partial charge >= 0.3 is 0 Å². The number of carbonyl (C=O) groups is 1. The van der Waals surface area contributed by atoms with Gasteiger partial charge in [-0.05, 0) is 37.3 Å². The Labute approximate surface area is 163 Å². The van der Waals surface area contributed by atoms with Gasteiger partial charge in [0, 0.05) is 43.5 Å². The first-order chi connectivity index (χ1) is 13.5. The number of amides is 1. The lowest BCUT2D eigenvalue weighted by Gasteiger charge is -2.36. The number of nitrogens with zero attached hydrogens (tertiary/aromatic N) is 2. The lowest BCUT2D eigenvalue weighted by atomic mass is 10.1. The summed E-state index contributed by atoms with van der Waals surface area (Å²) in [6.45, 7) is 5.11. The third kappa shape index (κ3) is 4.98. The Balaban J connectivity index is 1.47. The fourth-order valence-corrected chi connectivity index (χ4v) is 3.38. The second-order valence-electron chi connectivity index (χ2n) is 6.92. The van der Waals surface area contributed by atoms with E-state index >= 15 is 0 Å². The molecule has 1 amide bonds. The van der Waals surface area contributed by atoms with Crippen molar-refractivity contribution < 1.29 is 18.3 Å². The van der Waals surface area contributed by atoms with Crippen LogP contribution in [0.25, 0.3) is 0 Å². The predicted molar refractivity (Wildman–Crippen MR) is 105 cm³/mol. The van der Waals surface area contributed by atoms with Crippen LogP contribution in [0.5, 0.6) is 5.75 Å². The van der Waals surface area contributed by atoms with Crippen LogP contribution >= 0.6 is 0 Å². The van der Waals surface area contributed by atoms with Crippen LogP contribution in [0.3, 0.4) is 0 Å². The summed E-state index contributed by atoms with van der Waals surface area (Å²) in [6.07, 6.45) is 0. The van der Waals surface area contributed by atoms with Crippen LogP contribution in [0.15, 0.2) is 42.5 Å². The molecule has 1 atom stereocenters. The molecule has 3 rings (SSSR count). The number of methoxy groups -OCH3 is 1. The second kappa shape index (κ2) is 9.01. The van der Waals surface area contributed by atoms with Crippen molar-refractivity contribution in [2.75, 3.05) is 44.7 Å². The van der Waals surface area contributed by atoms with E-state index in [2.05, 4.69) is 15.1 Å². The first kappa shape index (κ1) is 20.1. The molecule has 1 aliphatic heterocycles. The van der Waals surface area contributed by atoms with Gasteiger partial charge in [0.2, 0.25) is 5.91 Å². The van der Waals surface area contributed by atoms with E-state index in [1.165, 1.54) is 12.1 Å². The molecule has 2 aromatic carbocycles. The molecule has 1 heterocycles. The number of benzene rings is 2. The second-order valence-corrected chi connectivity index (χ2v) is 6.92. The maximum absolute atomic E-state index is 13.8. The van der Waals surface area contributed by atoms with Crippen LogP contribution in [0, 0.1) is 11.6 Å². The van der Waals surface area contributed by atoms with Crippen molar-refractivity contribution in [3.05, 3.63) is 59.7 Å². The van der Waals surface area contributed by atoms with Crippen molar-refractivity contribution in [1.82, 2.24) is 10.2 Å². The molecular weight excluding hydrogens is 364 g/mol. The van der Waals surface area contributed by atoms with Gasteiger partial charge in [0.25, 0.3) is 0 Å². The molecule has 1 N–H and O–H groups in total. The molecule has 1 aliphatic rings. The van der Waals surface area contributed by atoms with E-state index in [4.69, 9.17) is 4.74 Å². The number of anilines is 1. The molecule has 150 valence electrons. The highest BCUT2D eigenvalue weighted by molar-refractivity contribution is 5.78. The summed E-state index contributed by atoms with van der Waals surface area (Å²) >= 11 is 0. The SMILES string of the molecule is COc1ccc(N2CCN(CC(=O)N[C@H](C)c3ccc(F)cc3F)CC2)cc1. The number of halogens is 2. The smallest absolute Gasteiger partial charge is 0.234 e. The van der Waals surface area contributed by atoms with Crippen molar-refractivity contribution in [2.45, 2.75) is 13.0 Å². The fraction of sp³-hybridized carbons (Fsp3) is 0.381. The van der Waals surface area contributed by atoms with Crippen molar-refractivity contribution in [3.63, 3.8) is 0 Å². The molecule has 0 aromatic heterocycles. The highest BCUT2D eigenvalue weighted by atomic mass is 19.1. The fourth-order valence-electron chi connectivity index (χ4n) is 3.38. The Morgan fingerprint density at radius 2 is 1.79 bits per heavy atom. The van der Waals surface area contributed by atoms with Crippen LogP contribution in [0.4, 0.5) is 14.5 Å². The van der Waals surface area contributed by atoms with Crippen molar-refractivity contribution in [1.29, 1.82) is 0 Å². The minimum atomic E-state index is -0.652. The number of rotatable bonds is 6. The minimum Gasteiger partial charge on any atom is -0.497 e. The van der Waals surface area contributed by atoms with E-state index in [9.17, 15) is 13.6 Å². The van der Waals surface area contributed by atoms with E-state index in [0.717, 1.165) is 43.7 Å². The quantitative estimate of drug-likeness (QED) is 0.825. The molecule has 28 heavy (non-hydrogen) atoms. The molecule has 0 radical (unpaired) electrons. The van der Waals surface area contributed by atoms with E-state index in [-0.39, 0.29) is 18.0 Å². The maximum Gasteiger partial charge on any atom is 0.234 e. The minimum absolute atomic E-state index is 0.172. The lowest BCUT2D eigenvalue weighted by Crippen LogP contribution is -2.49.